The van der Waals surface area contributed by atoms with Crippen LogP contribution in [0.1, 0.15) is 18.1 Å². The smallest absolute Gasteiger partial charge is 0.139 e. The van der Waals surface area contributed by atoms with Crippen molar-refractivity contribution in [2.24, 2.45) is 0 Å². The quantitative estimate of drug-likeness (QED) is 0.343. The van der Waals surface area contributed by atoms with Crippen LogP contribution in [0.2, 0.25) is 0 Å². The van der Waals surface area contributed by atoms with E-state index in [-0.39, 0.29) is 0 Å². The lowest BCUT2D eigenvalue weighted by Crippen LogP contribution is -2.07. The average Bonchev–Trinajstić information content (AvgIpc) is 2.77. The fraction of sp³-hybridized carbons (Fsp3) is 0.111. The van der Waals surface area contributed by atoms with Crippen LogP contribution in [0.15, 0.2) is 96.6 Å². The molecule has 0 saturated heterocycles. The van der Waals surface area contributed by atoms with Gasteiger partial charge in [0, 0.05) is 21.9 Å². The van der Waals surface area contributed by atoms with Crippen molar-refractivity contribution in [3.05, 3.63) is 108 Å². The van der Waals surface area contributed by atoms with Crippen LogP contribution in [-0.2, 0) is 12.8 Å². The first-order valence-corrected chi connectivity index (χ1v) is 9.97. The molecule has 0 saturated carbocycles. The number of hydrogen-bond donors (Lipinski definition) is 0. The molecule has 142 valence electrons. The van der Waals surface area contributed by atoms with Crippen molar-refractivity contribution in [1.29, 1.82) is 0 Å². The number of ether oxygens (including phenoxy) is 2. The van der Waals surface area contributed by atoms with Crippen LogP contribution < -0.4 is 9.47 Å². The molecule has 2 heteroatoms. The lowest BCUT2D eigenvalue weighted by Gasteiger charge is -2.24. The fourth-order valence-corrected chi connectivity index (χ4v) is 3.95. The van der Waals surface area contributed by atoms with Gasteiger partial charge in [-0.2, -0.15) is 0 Å². The molecule has 0 radical (unpaired) electrons. The molecular formula is C27H22O2. The van der Waals surface area contributed by atoms with Crippen LogP contribution in [0.3, 0.4) is 0 Å². The molecule has 0 heterocycles. The Morgan fingerprint density at radius 2 is 1.07 bits per heavy atom. The Bertz CT molecular complexity index is 1190. The van der Waals surface area contributed by atoms with Gasteiger partial charge < -0.3 is 9.47 Å². The van der Waals surface area contributed by atoms with E-state index in [4.69, 9.17) is 9.47 Å². The molecular weight excluding hydrogens is 356 g/mol. The highest BCUT2D eigenvalue weighted by Crippen LogP contribution is 2.46. The van der Waals surface area contributed by atoms with Gasteiger partial charge in [-0.25, -0.2) is 0 Å². The fourth-order valence-electron chi connectivity index (χ4n) is 3.95. The maximum atomic E-state index is 6.46. The number of fused-ring (bicyclic) bond motifs is 2. The Balaban J connectivity index is 1.74. The zero-order chi connectivity index (χ0) is 19.6. The van der Waals surface area contributed by atoms with Gasteiger partial charge >= 0.3 is 0 Å². The standard InChI is InChI=1S/C27H22O2/c1-19-16-17-24-25(18-19)27(29-21-12-6-3-7-13-21)23-15-9-8-14-22(23)26(24)28-20-10-4-2-5-11-20/h2-16H,17-18H2,1H3. The largest absolute Gasteiger partial charge is 0.456 e. The summed E-state index contributed by atoms with van der Waals surface area (Å²) < 4.78 is 12.9. The minimum Gasteiger partial charge on any atom is -0.456 e. The summed E-state index contributed by atoms with van der Waals surface area (Å²) in [6.07, 6.45) is 4.01. The van der Waals surface area contributed by atoms with Gasteiger partial charge in [-0.15, -0.1) is 0 Å². The second-order valence-corrected chi connectivity index (χ2v) is 7.42. The molecule has 0 atom stereocenters. The number of para-hydroxylation sites is 2. The third-order valence-corrected chi connectivity index (χ3v) is 5.37. The van der Waals surface area contributed by atoms with E-state index in [9.17, 15) is 0 Å². The summed E-state index contributed by atoms with van der Waals surface area (Å²) in [6, 6.07) is 28.4. The van der Waals surface area contributed by atoms with E-state index in [1.807, 2.05) is 60.7 Å². The Morgan fingerprint density at radius 3 is 1.62 bits per heavy atom. The normalized spacial score (nSPS) is 12.9. The van der Waals surface area contributed by atoms with Crippen molar-refractivity contribution in [2.75, 3.05) is 0 Å². The van der Waals surface area contributed by atoms with Crippen molar-refractivity contribution in [3.8, 4) is 23.0 Å². The number of benzene rings is 4. The van der Waals surface area contributed by atoms with E-state index < -0.39 is 0 Å². The van der Waals surface area contributed by atoms with Crippen molar-refractivity contribution in [2.45, 2.75) is 19.8 Å². The summed E-state index contributed by atoms with van der Waals surface area (Å²) in [4.78, 5) is 0. The van der Waals surface area contributed by atoms with Crippen LogP contribution in [0.4, 0.5) is 0 Å². The van der Waals surface area contributed by atoms with Crippen molar-refractivity contribution < 1.29 is 9.47 Å². The van der Waals surface area contributed by atoms with Crippen LogP contribution >= 0.6 is 0 Å². The second kappa shape index (κ2) is 7.48. The minimum absolute atomic E-state index is 0.847. The molecule has 5 rings (SSSR count). The first kappa shape index (κ1) is 17.6. The van der Waals surface area contributed by atoms with Crippen LogP contribution in [0.25, 0.3) is 10.8 Å². The lowest BCUT2D eigenvalue weighted by atomic mass is 9.87. The molecule has 29 heavy (non-hydrogen) atoms. The summed E-state index contributed by atoms with van der Waals surface area (Å²) in [6.45, 7) is 2.18. The van der Waals surface area contributed by atoms with Gasteiger partial charge in [0.2, 0.25) is 0 Å². The average molecular weight is 378 g/mol. The van der Waals surface area contributed by atoms with Crippen molar-refractivity contribution in [3.63, 3.8) is 0 Å². The van der Waals surface area contributed by atoms with Gasteiger partial charge in [-0.05, 0) is 44.0 Å². The number of allylic oxidation sites excluding steroid dienone is 2. The van der Waals surface area contributed by atoms with Gasteiger partial charge in [0.1, 0.15) is 23.0 Å². The van der Waals surface area contributed by atoms with Crippen LogP contribution in [0, 0.1) is 0 Å². The topological polar surface area (TPSA) is 18.5 Å². The monoisotopic (exact) mass is 378 g/mol. The Labute approximate surface area is 171 Å². The van der Waals surface area contributed by atoms with E-state index in [0.717, 1.165) is 46.6 Å². The molecule has 4 aromatic carbocycles. The van der Waals surface area contributed by atoms with E-state index in [1.54, 1.807) is 0 Å². The van der Waals surface area contributed by atoms with Gasteiger partial charge in [-0.3, -0.25) is 0 Å². The van der Waals surface area contributed by atoms with E-state index in [2.05, 4.69) is 37.3 Å². The molecule has 2 nitrogen and oxygen atoms in total. The highest BCUT2D eigenvalue weighted by Gasteiger charge is 2.24. The lowest BCUT2D eigenvalue weighted by molar-refractivity contribution is 0.468. The molecule has 0 aromatic heterocycles. The molecule has 0 fully saturated rings. The summed E-state index contributed by atoms with van der Waals surface area (Å²) >= 11 is 0. The van der Waals surface area contributed by atoms with Gasteiger partial charge in [-0.1, -0.05) is 72.3 Å². The molecule has 0 spiro atoms. The number of hydrogen-bond acceptors (Lipinski definition) is 2. The third kappa shape index (κ3) is 3.38. The summed E-state index contributed by atoms with van der Waals surface area (Å²) in [7, 11) is 0. The SMILES string of the molecule is CC1=CCc2c(c(Oc3ccccc3)c3ccccc3c2Oc2ccccc2)C1. The molecule has 0 amide bonds. The van der Waals surface area contributed by atoms with Crippen LogP contribution in [0.5, 0.6) is 23.0 Å². The summed E-state index contributed by atoms with van der Waals surface area (Å²) in [5.74, 6) is 3.58. The third-order valence-electron chi connectivity index (χ3n) is 5.37. The zero-order valence-electron chi connectivity index (χ0n) is 16.4. The Morgan fingerprint density at radius 1 is 0.586 bits per heavy atom. The Hall–Kier alpha value is -3.52. The van der Waals surface area contributed by atoms with Gasteiger partial charge in [0.05, 0.1) is 0 Å². The summed E-state index contributed by atoms with van der Waals surface area (Å²) in [5.41, 5.74) is 3.79. The van der Waals surface area contributed by atoms with Crippen molar-refractivity contribution in [1.82, 2.24) is 0 Å². The first-order valence-electron chi connectivity index (χ1n) is 9.97. The predicted molar refractivity (Wildman–Crippen MR) is 118 cm³/mol. The van der Waals surface area contributed by atoms with Gasteiger partial charge in [0.25, 0.3) is 0 Å². The highest BCUT2D eigenvalue weighted by molar-refractivity contribution is 5.97. The summed E-state index contributed by atoms with van der Waals surface area (Å²) in [5, 5.41) is 2.16. The minimum atomic E-state index is 0.847. The maximum absolute atomic E-state index is 6.46. The first-order chi connectivity index (χ1) is 14.3. The highest BCUT2D eigenvalue weighted by atomic mass is 16.5. The molecule has 0 unspecified atom stereocenters. The zero-order valence-corrected chi connectivity index (χ0v) is 16.4. The van der Waals surface area contributed by atoms with E-state index in [0.29, 0.717) is 0 Å². The van der Waals surface area contributed by atoms with Crippen LogP contribution in [-0.4, -0.2) is 0 Å². The van der Waals surface area contributed by atoms with E-state index in [1.165, 1.54) is 16.7 Å². The number of rotatable bonds is 4. The predicted octanol–water partition coefficient (Wildman–Crippen LogP) is 7.47. The molecule has 1 aliphatic rings. The molecule has 4 aromatic rings. The Kier molecular flexibility index (Phi) is 4.53. The molecule has 1 aliphatic carbocycles. The molecule has 0 aliphatic heterocycles. The molecule has 0 N–H and O–H groups in total. The second-order valence-electron chi connectivity index (χ2n) is 7.42. The van der Waals surface area contributed by atoms with E-state index >= 15 is 0 Å². The van der Waals surface area contributed by atoms with Crippen molar-refractivity contribution >= 4 is 10.8 Å². The maximum Gasteiger partial charge on any atom is 0.139 e. The van der Waals surface area contributed by atoms with Gasteiger partial charge in [0.15, 0.2) is 0 Å². The molecule has 0 bridgehead atoms.